The summed E-state index contributed by atoms with van der Waals surface area (Å²) < 4.78 is 29.7. The summed E-state index contributed by atoms with van der Waals surface area (Å²) in [4.78, 5) is 24.2. The predicted molar refractivity (Wildman–Crippen MR) is 197 cm³/mol. The van der Waals surface area contributed by atoms with E-state index >= 15 is 0 Å². The molecule has 0 amide bonds. The van der Waals surface area contributed by atoms with Gasteiger partial charge in [0.15, 0.2) is 0 Å². The first-order valence-electron chi connectivity index (χ1n) is 17.0. The van der Waals surface area contributed by atoms with E-state index < -0.39 is 11.6 Å². The average molecular weight is 701 g/mol. The number of unbranched alkanes of at least 4 members (excludes halogenated alkanes) is 7. The highest BCUT2D eigenvalue weighted by atomic mass is 35.5. The van der Waals surface area contributed by atoms with Crippen molar-refractivity contribution >= 4 is 40.9 Å². The fourth-order valence-corrected chi connectivity index (χ4v) is 5.98. The number of halogens is 3. The third kappa shape index (κ3) is 9.93. The number of anilines is 2. The zero-order chi connectivity index (χ0) is 35.3. The highest BCUT2D eigenvalue weighted by Crippen LogP contribution is 2.35. The number of nitrogens with zero attached hydrogens (tertiary/aromatic N) is 4. The highest BCUT2D eigenvalue weighted by molar-refractivity contribution is 6.31. The molecule has 2 heterocycles. The Labute approximate surface area is 296 Å². The Morgan fingerprint density at radius 3 is 2.38 bits per heavy atom. The zero-order valence-corrected chi connectivity index (χ0v) is 28.7. The maximum atomic E-state index is 14.9. The van der Waals surface area contributed by atoms with E-state index in [1.165, 1.54) is 43.9 Å². The molecule has 12 heteroatoms. The Morgan fingerprint density at radius 2 is 1.64 bits per heavy atom. The van der Waals surface area contributed by atoms with Crippen molar-refractivity contribution in [1.82, 2.24) is 20.3 Å². The number of fused-ring (bicyclic) bond motifs is 3. The van der Waals surface area contributed by atoms with E-state index in [-0.39, 0.29) is 17.8 Å². The standard InChI is InChI=1S/C38H43ClF2N8O/c39-28-14-17-30-31(22-28)37(35-32(40)10-9-11-33(35)41)45-23-27-24-46-38(48-36(27)30)47-29-15-12-26(13-16-29)34(42)25-49(43)20-19-44-18-7-5-3-1-2-4-6-8-21-50/h9-17,21-22,24-25,44H,1-8,18-20,23,42-43H2,(H,46,47,48)/b34-25-. The van der Waals surface area contributed by atoms with Gasteiger partial charge in [0.2, 0.25) is 5.95 Å². The van der Waals surface area contributed by atoms with Gasteiger partial charge in [-0.05, 0) is 61.3 Å². The van der Waals surface area contributed by atoms with Gasteiger partial charge >= 0.3 is 0 Å². The van der Waals surface area contributed by atoms with Crippen molar-refractivity contribution in [3.05, 3.63) is 112 Å². The van der Waals surface area contributed by atoms with Gasteiger partial charge < -0.3 is 26.2 Å². The van der Waals surface area contributed by atoms with Crippen LogP contribution in [0.4, 0.5) is 20.4 Å². The van der Waals surface area contributed by atoms with Gasteiger partial charge in [-0.2, -0.15) is 0 Å². The van der Waals surface area contributed by atoms with Gasteiger partial charge in [0.1, 0.15) is 17.9 Å². The first-order valence-corrected chi connectivity index (χ1v) is 17.4. The summed E-state index contributed by atoms with van der Waals surface area (Å²) in [5.41, 5.74) is 10.8. The van der Waals surface area contributed by atoms with Crippen LogP contribution in [-0.2, 0) is 11.3 Å². The normalized spacial score (nSPS) is 12.5. The van der Waals surface area contributed by atoms with E-state index in [1.54, 1.807) is 35.6 Å². The largest absolute Gasteiger partial charge is 0.397 e. The third-order valence-corrected chi connectivity index (χ3v) is 8.70. The number of rotatable bonds is 18. The zero-order valence-electron chi connectivity index (χ0n) is 28.0. The minimum Gasteiger partial charge on any atom is -0.397 e. The van der Waals surface area contributed by atoms with Crippen LogP contribution in [0, 0.1) is 11.6 Å². The van der Waals surface area contributed by atoms with Gasteiger partial charge in [0.05, 0.1) is 29.2 Å². The molecular weight excluding hydrogens is 658 g/mol. The van der Waals surface area contributed by atoms with E-state index in [4.69, 9.17) is 28.2 Å². The number of aldehydes is 1. The van der Waals surface area contributed by atoms with Crippen molar-refractivity contribution < 1.29 is 13.6 Å². The molecule has 6 N–H and O–H groups in total. The molecule has 9 nitrogen and oxygen atoms in total. The SMILES string of the molecule is N/C(=C\N(N)CCNCCCCCCCCCC=O)c1ccc(Nc2ncc3c(n2)-c2ccc(Cl)cc2C(c2c(F)cccc2F)=NC3)cc1. The second kappa shape index (κ2) is 18.3. The van der Waals surface area contributed by atoms with Crippen molar-refractivity contribution in [2.45, 2.75) is 57.9 Å². The van der Waals surface area contributed by atoms with E-state index in [2.05, 4.69) is 20.6 Å². The van der Waals surface area contributed by atoms with Gasteiger partial charge in [-0.15, -0.1) is 0 Å². The molecule has 1 aliphatic rings. The fraction of sp³-hybridized carbons (Fsp3) is 0.316. The number of aromatic nitrogens is 2. The van der Waals surface area contributed by atoms with Gasteiger partial charge in [-0.1, -0.05) is 68.0 Å². The molecule has 50 heavy (non-hydrogen) atoms. The molecule has 0 fully saturated rings. The number of hydrazine groups is 1. The molecule has 0 atom stereocenters. The van der Waals surface area contributed by atoms with Gasteiger partial charge in [-0.25, -0.2) is 24.6 Å². The van der Waals surface area contributed by atoms with Crippen LogP contribution in [0.15, 0.2) is 78.1 Å². The summed E-state index contributed by atoms with van der Waals surface area (Å²) in [5, 5.41) is 8.65. The summed E-state index contributed by atoms with van der Waals surface area (Å²) in [5.74, 6) is 5.09. The molecule has 0 unspecified atom stereocenters. The number of carbonyl (C=O) groups excluding carboxylic acids is 1. The van der Waals surface area contributed by atoms with Crippen LogP contribution in [-0.4, -0.2) is 46.6 Å². The summed E-state index contributed by atoms with van der Waals surface area (Å²) >= 11 is 6.34. The number of nitrogens with two attached hydrogens (primary N) is 2. The van der Waals surface area contributed by atoms with Crippen molar-refractivity contribution in [2.24, 2.45) is 16.6 Å². The molecule has 5 rings (SSSR count). The molecule has 262 valence electrons. The van der Waals surface area contributed by atoms with E-state index in [0.29, 0.717) is 52.0 Å². The Balaban J connectivity index is 1.15. The Morgan fingerprint density at radius 1 is 0.920 bits per heavy atom. The number of hydrogen-bond acceptors (Lipinski definition) is 9. The quantitative estimate of drug-likeness (QED) is 0.0363. The summed E-state index contributed by atoms with van der Waals surface area (Å²) in [6, 6.07) is 16.4. The van der Waals surface area contributed by atoms with Gasteiger partial charge in [0, 0.05) is 59.3 Å². The Kier molecular flexibility index (Phi) is 13.4. The van der Waals surface area contributed by atoms with E-state index in [0.717, 1.165) is 49.9 Å². The van der Waals surface area contributed by atoms with Crippen LogP contribution < -0.4 is 22.2 Å². The Bertz CT molecular complexity index is 1800. The molecule has 1 aromatic heterocycles. The van der Waals surface area contributed by atoms with Crippen molar-refractivity contribution in [1.29, 1.82) is 0 Å². The molecule has 0 aliphatic carbocycles. The summed E-state index contributed by atoms with van der Waals surface area (Å²) in [6.07, 6.45) is 13.2. The molecule has 0 bridgehead atoms. The monoisotopic (exact) mass is 700 g/mol. The number of nitrogens with one attached hydrogen (secondary N) is 2. The number of aliphatic imine (C=N–C) groups is 1. The predicted octanol–water partition coefficient (Wildman–Crippen LogP) is 7.51. The van der Waals surface area contributed by atoms with Crippen LogP contribution in [0.3, 0.4) is 0 Å². The second-order valence-corrected chi connectivity index (χ2v) is 12.7. The van der Waals surface area contributed by atoms with Crippen molar-refractivity contribution in [3.63, 3.8) is 0 Å². The molecule has 4 aromatic rings. The molecule has 0 radical (unpaired) electrons. The first kappa shape index (κ1) is 36.6. The molecule has 0 spiro atoms. The maximum Gasteiger partial charge on any atom is 0.227 e. The minimum absolute atomic E-state index is 0.130. The maximum absolute atomic E-state index is 14.9. The van der Waals surface area contributed by atoms with E-state index in [9.17, 15) is 13.6 Å². The minimum atomic E-state index is -0.711. The second-order valence-electron chi connectivity index (χ2n) is 12.2. The van der Waals surface area contributed by atoms with Crippen LogP contribution >= 0.6 is 11.6 Å². The molecule has 1 aliphatic heterocycles. The van der Waals surface area contributed by atoms with E-state index in [1.807, 2.05) is 24.3 Å². The number of benzene rings is 3. The van der Waals surface area contributed by atoms with Crippen LogP contribution in [0.5, 0.6) is 0 Å². The lowest BCUT2D eigenvalue weighted by molar-refractivity contribution is -0.107. The molecular formula is C38H43ClF2N8O. The fourth-order valence-electron chi connectivity index (χ4n) is 5.81. The topological polar surface area (TPSA) is 135 Å². The van der Waals surface area contributed by atoms with Crippen LogP contribution in [0.2, 0.25) is 5.02 Å². The van der Waals surface area contributed by atoms with Crippen LogP contribution in [0.1, 0.15) is 73.6 Å². The molecule has 3 aromatic carbocycles. The third-order valence-electron chi connectivity index (χ3n) is 8.47. The van der Waals surface area contributed by atoms with Gasteiger partial charge in [-0.3, -0.25) is 4.99 Å². The average Bonchev–Trinajstić information content (AvgIpc) is 3.25. The first-order chi connectivity index (χ1) is 24.3. The smallest absolute Gasteiger partial charge is 0.227 e. The van der Waals surface area contributed by atoms with Crippen molar-refractivity contribution in [3.8, 4) is 11.3 Å². The van der Waals surface area contributed by atoms with Crippen molar-refractivity contribution in [2.75, 3.05) is 25.0 Å². The van der Waals surface area contributed by atoms with Crippen LogP contribution in [0.25, 0.3) is 17.0 Å². The summed E-state index contributed by atoms with van der Waals surface area (Å²) in [6.45, 7) is 2.44. The summed E-state index contributed by atoms with van der Waals surface area (Å²) in [7, 11) is 0. The lowest BCUT2D eigenvalue weighted by atomic mass is 9.95. The Hall–Kier alpha value is -4.71. The van der Waals surface area contributed by atoms with Gasteiger partial charge in [0.25, 0.3) is 0 Å². The lowest BCUT2D eigenvalue weighted by Crippen LogP contribution is -2.34. The molecule has 0 saturated heterocycles. The molecule has 0 saturated carbocycles. The number of hydrogen-bond donors (Lipinski definition) is 4. The highest BCUT2D eigenvalue weighted by Gasteiger charge is 2.25. The number of carbonyl (C=O) groups is 1. The lowest BCUT2D eigenvalue weighted by Gasteiger charge is -2.16.